The molecule has 1 aromatic carbocycles. The second kappa shape index (κ2) is 6.37. The highest BCUT2D eigenvalue weighted by atomic mass is 32.1. The molecule has 0 radical (unpaired) electrons. The van der Waals surface area contributed by atoms with Gasteiger partial charge in [-0.3, -0.25) is 4.79 Å². The van der Waals surface area contributed by atoms with Crippen LogP contribution in [-0.2, 0) is 11.2 Å². The summed E-state index contributed by atoms with van der Waals surface area (Å²) >= 11 is 1.39. The van der Waals surface area contributed by atoms with Crippen molar-refractivity contribution in [1.82, 2.24) is 10.2 Å². The normalized spacial score (nSPS) is 11.1. The van der Waals surface area contributed by atoms with Crippen molar-refractivity contribution in [2.75, 3.05) is 12.4 Å². The highest BCUT2D eigenvalue weighted by Crippen LogP contribution is 2.27. The van der Waals surface area contributed by atoms with Crippen molar-refractivity contribution in [1.29, 1.82) is 0 Å². The molecule has 0 fully saturated rings. The summed E-state index contributed by atoms with van der Waals surface area (Å²) in [5.41, 5.74) is 1.54. The standard InChI is InChI=1S/C16H17N3O3S/c1-9(2)15-18-19-16(23-15)17-14(20)6-10-8-22-13-5-4-11(21-3)7-12(10)13/h4-5,7-9H,6H2,1-3H3,(H,17,19,20). The van der Waals surface area contributed by atoms with E-state index in [0.29, 0.717) is 11.0 Å². The molecule has 1 amide bonds. The molecule has 2 heterocycles. The van der Waals surface area contributed by atoms with Crippen LogP contribution in [0.15, 0.2) is 28.9 Å². The molecule has 0 spiro atoms. The van der Waals surface area contributed by atoms with Gasteiger partial charge in [-0.25, -0.2) is 0 Å². The minimum atomic E-state index is -0.151. The number of methoxy groups -OCH3 is 1. The fourth-order valence-electron chi connectivity index (χ4n) is 2.18. The molecule has 23 heavy (non-hydrogen) atoms. The Morgan fingerprint density at radius 2 is 2.22 bits per heavy atom. The molecule has 3 rings (SSSR count). The quantitative estimate of drug-likeness (QED) is 0.773. The maximum atomic E-state index is 12.2. The molecule has 3 aromatic rings. The van der Waals surface area contributed by atoms with Gasteiger partial charge < -0.3 is 14.5 Å². The molecule has 1 N–H and O–H groups in total. The molecule has 0 aliphatic carbocycles. The predicted octanol–water partition coefficient (Wildman–Crippen LogP) is 3.60. The zero-order chi connectivity index (χ0) is 16.4. The van der Waals surface area contributed by atoms with Gasteiger partial charge in [-0.05, 0) is 18.2 Å². The van der Waals surface area contributed by atoms with E-state index in [9.17, 15) is 4.79 Å². The number of rotatable bonds is 5. The van der Waals surface area contributed by atoms with Gasteiger partial charge in [-0.15, -0.1) is 10.2 Å². The zero-order valence-corrected chi connectivity index (χ0v) is 13.9. The van der Waals surface area contributed by atoms with Crippen LogP contribution in [0.1, 0.15) is 30.3 Å². The lowest BCUT2D eigenvalue weighted by Gasteiger charge is -2.01. The maximum absolute atomic E-state index is 12.2. The van der Waals surface area contributed by atoms with Crippen LogP contribution in [0.5, 0.6) is 5.75 Å². The van der Waals surface area contributed by atoms with E-state index in [-0.39, 0.29) is 12.3 Å². The molecule has 7 heteroatoms. The molecule has 120 valence electrons. The van der Waals surface area contributed by atoms with Crippen LogP contribution in [0.4, 0.5) is 5.13 Å². The highest BCUT2D eigenvalue weighted by Gasteiger charge is 2.14. The first-order chi connectivity index (χ1) is 11.1. The third-order valence-corrected chi connectivity index (χ3v) is 4.53. The predicted molar refractivity (Wildman–Crippen MR) is 89.1 cm³/mol. The van der Waals surface area contributed by atoms with E-state index in [1.54, 1.807) is 13.4 Å². The Morgan fingerprint density at radius 3 is 2.91 bits per heavy atom. The van der Waals surface area contributed by atoms with Crippen molar-refractivity contribution in [3.63, 3.8) is 0 Å². The van der Waals surface area contributed by atoms with Crippen molar-refractivity contribution >= 4 is 33.3 Å². The number of hydrogen-bond donors (Lipinski definition) is 1. The minimum absolute atomic E-state index is 0.151. The van der Waals surface area contributed by atoms with Gasteiger partial charge in [-0.2, -0.15) is 0 Å². The Hall–Kier alpha value is -2.41. The molecule has 0 unspecified atom stereocenters. The number of furan rings is 1. The van der Waals surface area contributed by atoms with Crippen LogP contribution in [0.25, 0.3) is 11.0 Å². The molecular formula is C16H17N3O3S. The molecule has 0 saturated carbocycles. The number of nitrogens with zero attached hydrogens (tertiary/aromatic N) is 2. The second-order valence-corrected chi connectivity index (χ2v) is 6.46. The van der Waals surface area contributed by atoms with E-state index in [2.05, 4.69) is 15.5 Å². The first-order valence-electron chi connectivity index (χ1n) is 7.24. The molecule has 0 bridgehead atoms. The summed E-state index contributed by atoms with van der Waals surface area (Å²) in [6.07, 6.45) is 1.81. The summed E-state index contributed by atoms with van der Waals surface area (Å²) in [6.45, 7) is 4.08. The lowest BCUT2D eigenvalue weighted by atomic mass is 10.1. The topological polar surface area (TPSA) is 77.2 Å². The summed E-state index contributed by atoms with van der Waals surface area (Å²) in [4.78, 5) is 12.2. The number of benzene rings is 1. The highest BCUT2D eigenvalue weighted by molar-refractivity contribution is 7.15. The number of nitrogens with one attached hydrogen (secondary N) is 1. The SMILES string of the molecule is COc1ccc2occ(CC(=O)Nc3nnc(C(C)C)s3)c2c1. The second-order valence-electron chi connectivity index (χ2n) is 5.45. The van der Waals surface area contributed by atoms with Gasteiger partial charge in [-0.1, -0.05) is 25.2 Å². The Labute approximate surface area is 137 Å². The van der Waals surface area contributed by atoms with Crippen molar-refractivity contribution in [3.05, 3.63) is 35.0 Å². The van der Waals surface area contributed by atoms with Crippen LogP contribution in [-0.4, -0.2) is 23.2 Å². The first kappa shape index (κ1) is 15.5. The summed E-state index contributed by atoms with van der Waals surface area (Å²) in [7, 11) is 1.61. The largest absolute Gasteiger partial charge is 0.497 e. The molecule has 0 aliphatic heterocycles. The van der Waals surface area contributed by atoms with Gasteiger partial charge in [0.05, 0.1) is 19.8 Å². The van der Waals surface area contributed by atoms with Crippen LogP contribution in [0.3, 0.4) is 0 Å². The lowest BCUT2D eigenvalue weighted by molar-refractivity contribution is -0.115. The van der Waals surface area contributed by atoms with E-state index >= 15 is 0 Å². The van der Waals surface area contributed by atoms with Crippen molar-refractivity contribution in [2.24, 2.45) is 0 Å². The van der Waals surface area contributed by atoms with Gasteiger partial charge in [0.25, 0.3) is 0 Å². The van der Waals surface area contributed by atoms with Gasteiger partial charge >= 0.3 is 0 Å². The number of ether oxygens (including phenoxy) is 1. The Bertz CT molecular complexity index is 838. The van der Waals surface area contributed by atoms with Gasteiger partial charge in [0, 0.05) is 16.9 Å². The Balaban J connectivity index is 1.74. The molecule has 0 atom stereocenters. The summed E-state index contributed by atoms with van der Waals surface area (Å²) in [5, 5.41) is 13.1. The average molecular weight is 331 g/mol. The summed E-state index contributed by atoms with van der Waals surface area (Å²) < 4.78 is 10.7. The van der Waals surface area contributed by atoms with Crippen LogP contribution < -0.4 is 10.1 Å². The number of carbonyl (C=O) groups is 1. The number of hydrogen-bond acceptors (Lipinski definition) is 6. The lowest BCUT2D eigenvalue weighted by Crippen LogP contribution is -2.14. The maximum Gasteiger partial charge on any atom is 0.230 e. The van der Waals surface area contributed by atoms with E-state index in [1.807, 2.05) is 32.0 Å². The van der Waals surface area contributed by atoms with Crippen molar-refractivity contribution in [2.45, 2.75) is 26.2 Å². The molecule has 0 aliphatic rings. The van der Waals surface area contributed by atoms with E-state index in [4.69, 9.17) is 9.15 Å². The number of fused-ring (bicyclic) bond motifs is 1. The third-order valence-electron chi connectivity index (χ3n) is 3.39. The molecular weight excluding hydrogens is 314 g/mol. The number of amides is 1. The third kappa shape index (κ3) is 3.34. The molecule has 6 nitrogen and oxygen atoms in total. The van der Waals surface area contributed by atoms with Crippen molar-refractivity contribution < 1.29 is 13.9 Å². The van der Waals surface area contributed by atoms with Crippen LogP contribution in [0.2, 0.25) is 0 Å². The van der Waals surface area contributed by atoms with Gasteiger partial charge in [0.1, 0.15) is 16.3 Å². The summed E-state index contributed by atoms with van der Waals surface area (Å²) in [5.74, 6) is 0.872. The Kier molecular flexibility index (Phi) is 4.29. The number of carbonyl (C=O) groups excluding carboxylic acids is 1. The van der Waals surface area contributed by atoms with Crippen LogP contribution in [0, 0.1) is 0 Å². The molecule has 0 saturated heterocycles. The monoisotopic (exact) mass is 331 g/mol. The number of anilines is 1. The average Bonchev–Trinajstić information content (AvgIpc) is 3.14. The molecule has 2 aromatic heterocycles. The first-order valence-corrected chi connectivity index (χ1v) is 8.06. The van der Waals surface area contributed by atoms with Gasteiger partial charge in [0.15, 0.2) is 0 Å². The Morgan fingerprint density at radius 1 is 1.39 bits per heavy atom. The zero-order valence-electron chi connectivity index (χ0n) is 13.1. The van der Waals surface area contributed by atoms with E-state index < -0.39 is 0 Å². The number of aromatic nitrogens is 2. The smallest absolute Gasteiger partial charge is 0.230 e. The van der Waals surface area contributed by atoms with E-state index in [1.165, 1.54) is 11.3 Å². The van der Waals surface area contributed by atoms with Crippen LogP contribution >= 0.6 is 11.3 Å². The van der Waals surface area contributed by atoms with E-state index in [0.717, 1.165) is 27.3 Å². The van der Waals surface area contributed by atoms with Crippen molar-refractivity contribution in [3.8, 4) is 5.75 Å². The minimum Gasteiger partial charge on any atom is -0.497 e. The fraction of sp³-hybridized carbons (Fsp3) is 0.312. The summed E-state index contributed by atoms with van der Waals surface area (Å²) in [6, 6.07) is 5.52. The fourth-order valence-corrected chi connectivity index (χ4v) is 2.94. The van der Waals surface area contributed by atoms with Gasteiger partial charge in [0.2, 0.25) is 11.0 Å².